The van der Waals surface area contributed by atoms with Gasteiger partial charge in [0.05, 0.1) is 19.1 Å². The fourth-order valence-corrected chi connectivity index (χ4v) is 3.48. The van der Waals surface area contributed by atoms with Crippen molar-refractivity contribution in [1.29, 1.82) is 5.26 Å². The van der Waals surface area contributed by atoms with Gasteiger partial charge in [0.15, 0.2) is 0 Å². The first-order valence-corrected chi connectivity index (χ1v) is 12.3. The Bertz CT molecular complexity index is 986. The zero-order valence-corrected chi connectivity index (χ0v) is 22.6. The summed E-state index contributed by atoms with van der Waals surface area (Å²) in [6.45, 7) is 10.3. The molecule has 1 aromatic rings. The SMILES string of the molecule is CCOC(=O)CCNC(=O)C(c1ccc(C)c(C)c1)N(CC#N)C(=O)C(CS)NC(=O)OC(C)(C)C. The van der Waals surface area contributed by atoms with Crippen LogP contribution in [0, 0.1) is 25.2 Å². The third-order valence-electron chi connectivity index (χ3n) is 5.04. The molecule has 0 aromatic heterocycles. The van der Waals surface area contributed by atoms with Gasteiger partial charge in [-0.3, -0.25) is 14.4 Å². The lowest BCUT2D eigenvalue weighted by Crippen LogP contribution is -2.54. The zero-order chi connectivity index (χ0) is 27.5. The fraction of sp³-hybridized carbons (Fsp3) is 0.560. The second kappa shape index (κ2) is 14.3. The van der Waals surface area contributed by atoms with Gasteiger partial charge in [-0.2, -0.15) is 17.9 Å². The number of nitriles is 1. The van der Waals surface area contributed by atoms with Crippen molar-refractivity contribution in [3.8, 4) is 6.07 Å². The van der Waals surface area contributed by atoms with E-state index in [0.717, 1.165) is 16.0 Å². The first kappa shape index (κ1) is 30.8. The molecule has 0 heterocycles. The average Bonchev–Trinajstić information content (AvgIpc) is 2.78. The summed E-state index contributed by atoms with van der Waals surface area (Å²) in [4.78, 5) is 51.9. The third-order valence-corrected chi connectivity index (χ3v) is 5.40. The molecule has 3 amide bonds. The Morgan fingerprint density at radius 3 is 2.36 bits per heavy atom. The summed E-state index contributed by atoms with van der Waals surface area (Å²) < 4.78 is 10.1. The first-order valence-electron chi connectivity index (χ1n) is 11.6. The second-order valence-electron chi connectivity index (χ2n) is 9.10. The van der Waals surface area contributed by atoms with Crippen LogP contribution in [0.25, 0.3) is 0 Å². The summed E-state index contributed by atoms with van der Waals surface area (Å²) in [7, 11) is 0. The lowest BCUT2D eigenvalue weighted by Gasteiger charge is -2.32. The maximum absolute atomic E-state index is 13.5. The summed E-state index contributed by atoms with van der Waals surface area (Å²) >= 11 is 4.19. The van der Waals surface area contributed by atoms with Crippen LogP contribution >= 0.6 is 12.6 Å². The number of benzene rings is 1. The second-order valence-corrected chi connectivity index (χ2v) is 9.46. The highest BCUT2D eigenvalue weighted by Crippen LogP contribution is 2.25. The number of nitrogens with zero attached hydrogens (tertiary/aromatic N) is 2. The smallest absolute Gasteiger partial charge is 0.408 e. The molecular weight excluding hydrogens is 484 g/mol. The monoisotopic (exact) mass is 520 g/mol. The van der Waals surface area contributed by atoms with Crippen LogP contribution in [0.1, 0.15) is 56.8 Å². The highest BCUT2D eigenvalue weighted by Gasteiger charge is 2.36. The van der Waals surface area contributed by atoms with Crippen LogP contribution < -0.4 is 10.6 Å². The van der Waals surface area contributed by atoms with Crippen LogP contribution in [0.5, 0.6) is 0 Å². The van der Waals surface area contributed by atoms with Gasteiger partial charge in [0, 0.05) is 12.3 Å². The van der Waals surface area contributed by atoms with E-state index in [4.69, 9.17) is 9.47 Å². The quantitative estimate of drug-likeness (QED) is 0.232. The number of carbonyl (C=O) groups excluding carboxylic acids is 4. The Morgan fingerprint density at radius 1 is 1.17 bits per heavy atom. The van der Waals surface area contributed by atoms with Crippen LogP contribution in [-0.2, 0) is 23.9 Å². The zero-order valence-electron chi connectivity index (χ0n) is 21.7. The van der Waals surface area contributed by atoms with Crippen molar-refractivity contribution in [3.05, 3.63) is 34.9 Å². The number of aryl methyl sites for hydroxylation is 2. The number of hydrogen-bond donors (Lipinski definition) is 3. The van der Waals surface area contributed by atoms with E-state index in [2.05, 4.69) is 23.3 Å². The van der Waals surface area contributed by atoms with Gasteiger partial charge < -0.3 is 25.0 Å². The van der Waals surface area contributed by atoms with Gasteiger partial charge in [-0.25, -0.2) is 4.79 Å². The Kier molecular flexibility index (Phi) is 12.3. The summed E-state index contributed by atoms with van der Waals surface area (Å²) in [6, 6.07) is 4.85. The molecule has 0 aliphatic heterocycles. The van der Waals surface area contributed by atoms with E-state index < -0.39 is 48.1 Å². The number of thiol groups is 1. The molecule has 0 radical (unpaired) electrons. The number of amides is 3. The molecule has 2 N–H and O–H groups in total. The highest BCUT2D eigenvalue weighted by atomic mass is 32.1. The van der Waals surface area contributed by atoms with E-state index >= 15 is 0 Å². The molecule has 0 bridgehead atoms. The summed E-state index contributed by atoms with van der Waals surface area (Å²) in [5, 5.41) is 14.6. The minimum atomic E-state index is -1.19. The lowest BCUT2D eigenvalue weighted by atomic mass is 9.98. The number of alkyl carbamates (subject to hydrolysis) is 1. The molecule has 0 aliphatic rings. The van der Waals surface area contributed by atoms with E-state index in [9.17, 15) is 24.4 Å². The minimum Gasteiger partial charge on any atom is -0.466 e. The predicted octanol–water partition coefficient (Wildman–Crippen LogP) is 2.59. The van der Waals surface area contributed by atoms with E-state index in [1.165, 1.54) is 0 Å². The molecule has 0 aliphatic carbocycles. The van der Waals surface area contributed by atoms with Crippen molar-refractivity contribution >= 4 is 36.5 Å². The number of hydrogen-bond acceptors (Lipinski definition) is 8. The molecule has 10 nitrogen and oxygen atoms in total. The molecule has 1 aromatic carbocycles. The Labute approximate surface area is 218 Å². The Balaban J connectivity index is 3.31. The van der Waals surface area contributed by atoms with Gasteiger partial charge in [0.1, 0.15) is 24.2 Å². The van der Waals surface area contributed by atoms with Gasteiger partial charge in [-0.05, 0) is 58.2 Å². The topological polar surface area (TPSA) is 138 Å². The Morgan fingerprint density at radius 2 is 1.83 bits per heavy atom. The largest absolute Gasteiger partial charge is 0.466 e. The normalized spacial score (nSPS) is 12.5. The van der Waals surface area contributed by atoms with Crippen LogP contribution in [0.4, 0.5) is 4.79 Å². The molecule has 2 atom stereocenters. The number of nitrogens with one attached hydrogen (secondary N) is 2. The van der Waals surface area contributed by atoms with Crippen LogP contribution in [0.3, 0.4) is 0 Å². The number of esters is 1. The average molecular weight is 521 g/mol. The first-order chi connectivity index (χ1) is 16.8. The highest BCUT2D eigenvalue weighted by molar-refractivity contribution is 7.80. The molecule has 0 fully saturated rings. The van der Waals surface area contributed by atoms with Crippen molar-refractivity contribution in [2.75, 3.05) is 25.4 Å². The van der Waals surface area contributed by atoms with Crippen molar-refractivity contribution in [3.63, 3.8) is 0 Å². The summed E-state index contributed by atoms with van der Waals surface area (Å²) in [5.74, 6) is -1.82. The molecular formula is C25H36N4O6S. The van der Waals surface area contributed by atoms with E-state index in [1.807, 2.05) is 26.0 Å². The van der Waals surface area contributed by atoms with E-state index in [-0.39, 0.29) is 25.3 Å². The lowest BCUT2D eigenvalue weighted by molar-refractivity contribution is -0.144. The van der Waals surface area contributed by atoms with Crippen LogP contribution in [0.2, 0.25) is 0 Å². The molecule has 0 saturated heterocycles. The number of ether oxygens (including phenoxy) is 2. The van der Waals surface area contributed by atoms with Gasteiger partial charge in [0.25, 0.3) is 0 Å². The maximum Gasteiger partial charge on any atom is 0.408 e. The molecule has 36 heavy (non-hydrogen) atoms. The minimum absolute atomic E-state index is 0.0141. The predicted molar refractivity (Wildman–Crippen MR) is 137 cm³/mol. The van der Waals surface area contributed by atoms with Gasteiger partial charge in [-0.1, -0.05) is 18.2 Å². The molecule has 0 saturated carbocycles. The van der Waals surface area contributed by atoms with Gasteiger partial charge in [-0.15, -0.1) is 0 Å². The van der Waals surface area contributed by atoms with Crippen molar-refractivity contribution in [1.82, 2.24) is 15.5 Å². The van der Waals surface area contributed by atoms with Crippen molar-refractivity contribution in [2.24, 2.45) is 0 Å². The Hall–Kier alpha value is -3.26. The molecule has 1 rings (SSSR count). The van der Waals surface area contributed by atoms with Gasteiger partial charge in [0.2, 0.25) is 11.8 Å². The standard InChI is InChI=1S/C25H36N4O6S/c1-7-34-20(30)10-12-27-22(31)21(18-9-8-16(2)17(3)14-18)29(13-11-26)23(32)19(15-36)28-24(33)35-25(4,5)6/h8-9,14,19,21,36H,7,10,12-13,15H2,1-6H3,(H,27,31)(H,28,33). The fourth-order valence-electron chi connectivity index (χ4n) is 3.23. The number of rotatable bonds is 11. The van der Waals surface area contributed by atoms with E-state index in [1.54, 1.807) is 39.8 Å². The summed E-state index contributed by atoms with van der Waals surface area (Å²) in [5.41, 5.74) is 1.56. The third kappa shape index (κ3) is 9.77. The van der Waals surface area contributed by atoms with Crippen LogP contribution in [-0.4, -0.2) is 65.9 Å². The van der Waals surface area contributed by atoms with Crippen LogP contribution in [0.15, 0.2) is 18.2 Å². The van der Waals surface area contributed by atoms with E-state index in [0.29, 0.717) is 5.56 Å². The van der Waals surface area contributed by atoms with Crippen molar-refractivity contribution < 1.29 is 28.7 Å². The number of carbonyl (C=O) groups is 4. The molecule has 11 heteroatoms. The molecule has 2 unspecified atom stereocenters. The van der Waals surface area contributed by atoms with Gasteiger partial charge >= 0.3 is 12.1 Å². The van der Waals surface area contributed by atoms with Crippen molar-refractivity contribution in [2.45, 2.75) is 65.6 Å². The summed E-state index contributed by atoms with van der Waals surface area (Å²) in [6.07, 6.45) is -0.876. The molecule has 198 valence electrons. The molecule has 0 spiro atoms. The maximum atomic E-state index is 13.5.